The van der Waals surface area contributed by atoms with E-state index in [2.05, 4.69) is 34.5 Å². The second kappa shape index (κ2) is 4.85. The Balaban J connectivity index is 2.13. The van der Waals surface area contributed by atoms with Crippen LogP contribution in [0.2, 0.25) is 0 Å². The molecule has 0 radical (unpaired) electrons. The lowest BCUT2D eigenvalue weighted by atomic mass is 9.89. The molecule has 0 bridgehead atoms. The molecule has 3 nitrogen and oxygen atoms in total. The van der Waals surface area contributed by atoms with E-state index in [-0.39, 0.29) is 12.1 Å². The first-order valence-electron chi connectivity index (χ1n) is 5.89. The highest BCUT2D eigenvalue weighted by atomic mass is 16.3. The van der Waals surface area contributed by atoms with Crippen molar-refractivity contribution >= 4 is 5.69 Å². The maximum atomic E-state index is 9.52. The van der Waals surface area contributed by atoms with Crippen LogP contribution in [0.4, 0.5) is 5.69 Å². The lowest BCUT2D eigenvalue weighted by Crippen LogP contribution is -2.58. The summed E-state index contributed by atoms with van der Waals surface area (Å²) in [6.45, 7) is 2.16. The molecule has 1 aromatic carbocycles. The van der Waals surface area contributed by atoms with Crippen LogP contribution in [0.3, 0.4) is 0 Å². The first-order chi connectivity index (χ1) is 7.79. The van der Waals surface area contributed by atoms with Crippen molar-refractivity contribution in [3.05, 3.63) is 30.3 Å². The Hall–Kier alpha value is -1.06. The second-order valence-electron chi connectivity index (χ2n) is 4.55. The Morgan fingerprint density at radius 1 is 1.38 bits per heavy atom. The van der Waals surface area contributed by atoms with Crippen LogP contribution in [0.5, 0.6) is 0 Å². The van der Waals surface area contributed by atoms with Gasteiger partial charge in [0.15, 0.2) is 0 Å². The summed E-state index contributed by atoms with van der Waals surface area (Å²) in [5, 5.41) is 12.8. The van der Waals surface area contributed by atoms with Crippen molar-refractivity contribution in [1.29, 1.82) is 0 Å². The number of para-hydroxylation sites is 1. The Morgan fingerprint density at radius 2 is 2.12 bits per heavy atom. The molecule has 3 heteroatoms. The molecule has 0 amide bonds. The normalized spacial score (nSPS) is 25.8. The third kappa shape index (κ3) is 2.20. The van der Waals surface area contributed by atoms with Gasteiger partial charge in [0, 0.05) is 18.8 Å². The van der Waals surface area contributed by atoms with Crippen LogP contribution in [0.1, 0.15) is 12.8 Å². The number of nitrogens with one attached hydrogen (secondary N) is 1. The summed E-state index contributed by atoms with van der Waals surface area (Å²) < 4.78 is 0. The van der Waals surface area contributed by atoms with Gasteiger partial charge >= 0.3 is 0 Å². The van der Waals surface area contributed by atoms with Gasteiger partial charge in [-0.05, 0) is 32.0 Å². The minimum atomic E-state index is -0.131. The summed E-state index contributed by atoms with van der Waals surface area (Å²) in [6, 6.07) is 10.4. The van der Waals surface area contributed by atoms with Crippen molar-refractivity contribution in [3.63, 3.8) is 0 Å². The highest BCUT2D eigenvalue weighted by Gasteiger charge is 2.33. The lowest BCUT2D eigenvalue weighted by molar-refractivity contribution is 0.149. The molecule has 0 saturated carbocycles. The van der Waals surface area contributed by atoms with E-state index in [4.69, 9.17) is 0 Å². The average molecular weight is 220 g/mol. The minimum Gasteiger partial charge on any atom is -0.394 e. The van der Waals surface area contributed by atoms with Gasteiger partial charge < -0.3 is 15.3 Å². The standard InChI is InChI=1S/C13H20N2O/c1-14-13(11-16)8-5-9-15(10-13)12-6-3-2-4-7-12/h2-4,6-7,14,16H,5,8-11H2,1H3. The maximum Gasteiger partial charge on any atom is 0.0630 e. The fraction of sp³-hybridized carbons (Fsp3) is 0.538. The summed E-state index contributed by atoms with van der Waals surface area (Å²) in [4.78, 5) is 2.34. The number of piperidine rings is 1. The molecule has 1 aliphatic heterocycles. The van der Waals surface area contributed by atoms with Crippen LogP contribution in [-0.2, 0) is 0 Å². The van der Waals surface area contributed by atoms with Gasteiger partial charge in [0.1, 0.15) is 0 Å². The highest BCUT2D eigenvalue weighted by molar-refractivity contribution is 5.47. The van der Waals surface area contributed by atoms with Gasteiger partial charge in [0.2, 0.25) is 0 Å². The third-order valence-electron chi connectivity index (χ3n) is 3.53. The molecule has 1 heterocycles. The van der Waals surface area contributed by atoms with E-state index >= 15 is 0 Å². The van der Waals surface area contributed by atoms with E-state index < -0.39 is 0 Å². The molecule has 0 aromatic heterocycles. The van der Waals surface area contributed by atoms with Gasteiger partial charge in [-0.3, -0.25) is 0 Å². The molecule has 1 aliphatic rings. The molecule has 0 spiro atoms. The van der Waals surface area contributed by atoms with Crippen molar-refractivity contribution in [2.24, 2.45) is 0 Å². The summed E-state index contributed by atoms with van der Waals surface area (Å²) in [7, 11) is 1.94. The molecule has 1 saturated heterocycles. The Kier molecular flexibility index (Phi) is 3.46. The topological polar surface area (TPSA) is 35.5 Å². The van der Waals surface area contributed by atoms with Crippen LogP contribution in [0.15, 0.2) is 30.3 Å². The fourth-order valence-electron chi connectivity index (χ4n) is 2.40. The van der Waals surface area contributed by atoms with Crippen LogP contribution in [0.25, 0.3) is 0 Å². The maximum absolute atomic E-state index is 9.52. The number of hydrogen-bond acceptors (Lipinski definition) is 3. The predicted molar refractivity (Wildman–Crippen MR) is 66.8 cm³/mol. The lowest BCUT2D eigenvalue weighted by Gasteiger charge is -2.42. The average Bonchev–Trinajstić information content (AvgIpc) is 2.40. The van der Waals surface area contributed by atoms with Crippen molar-refractivity contribution in [1.82, 2.24) is 5.32 Å². The Bertz CT molecular complexity index is 322. The van der Waals surface area contributed by atoms with Gasteiger partial charge in [-0.15, -0.1) is 0 Å². The van der Waals surface area contributed by atoms with Crippen molar-refractivity contribution in [2.45, 2.75) is 18.4 Å². The molecule has 1 unspecified atom stereocenters. The molecule has 1 aromatic rings. The number of likely N-dealkylation sites (N-methyl/N-ethyl adjacent to an activating group) is 1. The number of nitrogens with zero attached hydrogens (tertiary/aromatic N) is 1. The summed E-state index contributed by atoms with van der Waals surface area (Å²) in [5.41, 5.74) is 1.11. The zero-order valence-electron chi connectivity index (χ0n) is 9.82. The zero-order chi connectivity index (χ0) is 11.4. The zero-order valence-corrected chi connectivity index (χ0v) is 9.82. The number of hydrogen-bond donors (Lipinski definition) is 2. The largest absolute Gasteiger partial charge is 0.394 e. The van der Waals surface area contributed by atoms with Crippen molar-refractivity contribution in [3.8, 4) is 0 Å². The molecular formula is C13H20N2O. The van der Waals surface area contributed by atoms with Gasteiger partial charge in [0.05, 0.1) is 12.1 Å². The quantitative estimate of drug-likeness (QED) is 0.804. The Labute approximate surface area is 97.1 Å². The van der Waals surface area contributed by atoms with E-state index in [0.29, 0.717) is 0 Å². The van der Waals surface area contributed by atoms with Crippen molar-refractivity contribution < 1.29 is 5.11 Å². The number of benzene rings is 1. The molecule has 2 N–H and O–H groups in total. The summed E-state index contributed by atoms with van der Waals surface area (Å²) in [5.74, 6) is 0. The minimum absolute atomic E-state index is 0.131. The molecule has 88 valence electrons. The van der Waals surface area contributed by atoms with E-state index in [1.165, 1.54) is 5.69 Å². The van der Waals surface area contributed by atoms with Gasteiger partial charge in [-0.1, -0.05) is 18.2 Å². The first kappa shape index (κ1) is 11.4. The van der Waals surface area contributed by atoms with E-state index in [1.807, 2.05) is 13.1 Å². The van der Waals surface area contributed by atoms with Crippen LogP contribution >= 0.6 is 0 Å². The second-order valence-corrected chi connectivity index (χ2v) is 4.55. The first-order valence-corrected chi connectivity index (χ1v) is 5.89. The molecule has 1 fully saturated rings. The number of anilines is 1. The fourth-order valence-corrected chi connectivity index (χ4v) is 2.40. The van der Waals surface area contributed by atoms with Crippen LogP contribution < -0.4 is 10.2 Å². The van der Waals surface area contributed by atoms with Gasteiger partial charge in [0.25, 0.3) is 0 Å². The van der Waals surface area contributed by atoms with E-state index in [9.17, 15) is 5.11 Å². The predicted octanol–water partition coefficient (Wildman–Crippen LogP) is 1.24. The monoisotopic (exact) mass is 220 g/mol. The molecule has 1 atom stereocenters. The molecular weight excluding hydrogens is 200 g/mol. The SMILES string of the molecule is CNC1(CO)CCCN(c2ccccc2)C1. The highest BCUT2D eigenvalue weighted by Crippen LogP contribution is 2.25. The third-order valence-corrected chi connectivity index (χ3v) is 3.53. The molecule has 2 rings (SSSR count). The number of rotatable bonds is 3. The summed E-state index contributed by atoms with van der Waals surface area (Å²) >= 11 is 0. The van der Waals surface area contributed by atoms with E-state index in [1.54, 1.807) is 0 Å². The van der Waals surface area contributed by atoms with Gasteiger partial charge in [-0.2, -0.15) is 0 Å². The number of aliphatic hydroxyl groups excluding tert-OH is 1. The molecule has 0 aliphatic carbocycles. The summed E-state index contributed by atoms with van der Waals surface area (Å²) in [6.07, 6.45) is 2.17. The molecule has 16 heavy (non-hydrogen) atoms. The van der Waals surface area contributed by atoms with Crippen LogP contribution in [-0.4, -0.2) is 37.4 Å². The van der Waals surface area contributed by atoms with E-state index in [0.717, 1.165) is 25.9 Å². The van der Waals surface area contributed by atoms with Gasteiger partial charge in [-0.25, -0.2) is 0 Å². The Morgan fingerprint density at radius 3 is 2.75 bits per heavy atom. The number of aliphatic hydroxyl groups is 1. The smallest absolute Gasteiger partial charge is 0.0630 e. The van der Waals surface area contributed by atoms with Crippen molar-refractivity contribution in [2.75, 3.05) is 31.6 Å². The van der Waals surface area contributed by atoms with Crippen LogP contribution in [0, 0.1) is 0 Å².